The monoisotopic (exact) mass is 528 g/mol. The van der Waals surface area contributed by atoms with Crippen molar-refractivity contribution in [2.24, 2.45) is 11.8 Å². The first-order valence-corrected chi connectivity index (χ1v) is 16.1. The minimum atomic E-state index is -3.26. The number of rotatable bonds is 8. The van der Waals surface area contributed by atoms with Gasteiger partial charge in [0.2, 0.25) is 0 Å². The third kappa shape index (κ3) is 4.69. The van der Waals surface area contributed by atoms with E-state index in [1.807, 2.05) is 121 Å². The Labute approximate surface area is 218 Å². The van der Waals surface area contributed by atoms with Gasteiger partial charge in [0, 0.05) is 21.2 Å². The largest absolute Gasteiger partial charge is 0.318 e. The third-order valence-electron chi connectivity index (χ3n) is 7.68. The highest BCUT2D eigenvalue weighted by Crippen LogP contribution is 2.58. The second-order valence-corrected chi connectivity index (χ2v) is 14.7. The zero-order valence-electron chi connectivity index (χ0n) is 20.5. The molecule has 2 aliphatic carbocycles. The molecule has 2 aliphatic rings. The van der Waals surface area contributed by atoms with Gasteiger partial charge in [-0.05, 0) is 79.6 Å². The summed E-state index contributed by atoms with van der Waals surface area (Å²) >= 11 is 0. The Bertz CT molecular complexity index is 1230. The molecule has 37 heavy (non-hydrogen) atoms. The molecule has 2 saturated carbocycles. The second kappa shape index (κ2) is 10.2. The van der Waals surface area contributed by atoms with Crippen molar-refractivity contribution in [1.29, 1.82) is 0 Å². The predicted octanol–water partition coefficient (Wildman–Crippen LogP) is 6.04. The molecule has 6 rings (SSSR count). The molecule has 4 aromatic rings. The van der Waals surface area contributed by atoms with E-state index in [2.05, 4.69) is 0 Å². The van der Waals surface area contributed by atoms with E-state index in [-0.39, 0.29) is 24.0 Å². The van der Waals surface area contributed by atoms with E-state index in [9.17, 15) is 9.13 Å². The van der Waals surface area contributed by atoms with Gasteiger partial charge < -0.3 is 9.05 Å². The highest BCUT2D eigenvalue weighted by molar-refractivity contribution is 7.74. The summed E-state index contributed by atoms with van der Waals surface area (Å²) in [5.74, 6) is 0.437. The Morgan fingerprint density at radius 1 is 0.432 bits per heavy atom. The Morgan fingerprint density at radius 2 is 0.703 bits per heavy atom. The van der Waals surface area contributed by atoms with Crippen molar-refractivity contribution >= 4 is 36.0 Å². The molecule has 0 saturated heterocycles. The van der Waals surface area contributed by atoms with Crippen LogP contribution in [-0.2, 0) is 18.2 Å². The molecule has 4 unspecified atom stereocenters. The van der Waals surface area contributed by atoms with E-state index in [1.165, 1.54) is 0 Å². The van der Waals surface area contributed by atoms with Crippen LogP contribution in [0.25, 0.3) is 0 Å². The van der Waals surface area contributed by atoms with Crippen LogP contribution in [0.1, 0.15) is 19.3 Å². The summed E-state index contributed by atoms with van der Waals surface area (Å²) in [4.78, 5) is 0. The standard InChI is InChI=1S/C31H30O4P2/c32-36(26-13-5-1-6-14-26,27-15-7-2-8-16-27)34-30-22-25-21-24(30)23-31(25)35-37(33,28-17-9-3-10-18-28)29-19-11-4-12-20-29/h1-20,24-25,30-31H,21-23H2. The first-order chi connectivity index (χ1) is 18.1. The quantitative estimate of drug-likeness (QED) is 0.262. The molecule has 188 valence electrons. The van der Waals surface area contributed by atoms with Crippen LogP contribution < -0.4 is 21.2 Å². The fourth-order valence-corrected chi connectivity index (χ4v) is 10.5. The molecule has 2 bridgehead atoms. The van der Waals surface area contributed by atoms with E-state index in [0.29, 0.717) is 0 Å². The van der Waals surface area contributed by atoms with Gasteiger partial charge in [-0.15, -0.1) is 0 Å². The fraction of sp³-hybridized carbons (Fsp3) is 0.226. The molecule has 0 spiro atoms. The fourth-order valence-electron chi connectivity index (χ4n) is 5.85. The van der Waals surface area contributed by atoms with Gasteiger partial charge in [0.25, 0.3) is 14.7 Å². The van der Waals surface area contributed by atoms with Gasteiger partial charge in [0.05, 0.1) is 12.2 Å². The van der Waals surface area contributed by atoms with Crippen molar-refractivity contribution in [3.05, 3.63) is 121 Å². The topological polar surface area (TPSA) is 52.6 Å². The average molecular weight is 529 g/mol. The minimum absolute atomic E-state index is 0.121. The molecule has 2 fully saturated rings. The van der Waals surface area contributed by atoms with Crippen molar-refractivity contribution in [3.8, 4) is 0 Å². The van der Waals surface area contributed by atoms with Crippen LogP contribution in [0.3, 0.4) is 0 Å². The smallest absolute Gasteiger partial charge is 0.261 e. The molecule has 4 atom stereocenters. The first-order valence-electron chi connectivity index (χ1n) is 12.9. The maximum absolute atomic E-state index is 14.4. The second-order valence-electron chi connectivity index (χ2n) is 9.96. The van der Waals surface area contributed by atoms with Gasteiger partial charge in [-0.25, -0.2) is 0 Å². The van der Waals surface area contributed by atoms with Crippen LogP contribution in [0.5, 0.6) is 0 Å². The lowest BCUT2D eigenvalue weighted by Crippen LogP contribution is -2.33. The van der Waals surface area contributed by atoms with Crippen molar-refractivity contribution in [3.63, 3.8) is 0 Å². The summed E-state index contributed by atoms with van der Waals surface area (Å²) in [5.41, 5.74) is 0. The lowest BCUT2D eigenvalue weighted by atomic mass is 9.95. The van der Waals surface area contributed by atoms with Gasteiger partial charge in [0.15, 0.2) is 0 Å². The average Bonchev–Trinajstić information content (AvgIpc) is 3.54. The van der Waals surface area contributed by atoms with Gasteiger partial charge >= 0.3 is 0 Å². The van der Waals surface area contributed by atoms with E-state index in [4.69, 9.17) is 9.05 Å². The number of fused-ring (bicyclic) bond motifs is 2. The van der Waals surface area contributed by atoms with Crippen LogP contribution in [0, 0.1) is 11.8 Å². The van der Waals surface area contributed by atoms with Crippen molar-refractivity contribution in [2.45, 2.75) is 31.5 Å². The van der Waals surface area contributed by atoms with E-state index < -0.39 is 14.7 Å². The van der Waals surface area contributed by atoms with Crippen molar-refractivity contribution in [1.82, 2.24) is 0 Å². The van der Waals surface area contributed by atoms with E-state index in [0.717, 1.165) is 40.5 Å². The van der Waals surface area contributed by atoms with Crippen molar-refractivity contribution in [2.75, 3.05) is 0 Å². The van der Waals surface area contributed by atoms with Gasteiger partial charge in [-0.2, -0.15) is 0 Å². The zero-order chi connectivity index (χ0) is 25.3. The highest BCUT2D eigenvalue weighted by Gasteiger charge is 2.51. The summed E-state index contributed by atoms with van der Waals surface area (Å²) in [7, 11) is -6.51. The maximum atomic E-state index is 14.4. The number of hydrogen-bond donors (Lipinski definition) is 0. The molecular formula is C31H30O4P2. The van der Waals surface area contributed by atoms with Crippen molar-refractivity contribution < 1.29 is 18.2 Å². The van der Waals surface area contributed by atoms with Crippen LogP contribution in [-0.4, -0.2) is 12.2 Å². The highest BCUT2D eigenvalue weighted by atomic mass is 31.2. The minimum Gasteiger partial charge on any atom is -0.318 e. The molecule has 4 nitrogen and oxygen atoms in total. The summed E-state index contributed by atoms with van der Waals surface area (Å²) in [6.07, 6.45) is 2.20. The summed E-state index contributed by atoms with van der Waals surface area (Å²) < 4.78 is 42.0. The Hall–Kier alpha value is -2.74. The summed E-state index contributed by atoms with van der Waals surface area (Å²) in [5, 5.41) is 2.87. The Morgan fingerprint density at radius 3 is 0.946 bits per heavy atom. The lowest BCUT2D eigenvalue weighted by molar-refractivity contribution is 0.0788. The first kappa shape index (κ1) is 24.6. The molecule has 6 heteroatoms. The normalized spacial score (nSPS) is 23.2. The van der Waals surface area contributed by atoms with E-state index >= 15 is 0 Å². The zero-order valence-corrected chi connectivity index (χ0v) is 22.3. The molecule has 0 aliphatic heterocycles. The van der Waals surface area contributed by atoms with Crippen LogP contribution >= 0.6 is 14.7 Å². The van der Waals surface area contributed by atoms with Crippen LogP contribution in [0.4, 0.5) is 0 Å². The molecule has 4 aromatic carbocycles. The van der Waals surface area contributed by atoms with Gasteiger partial charge in [-0.1, -0.05) is 72.8 Å². The van der Waals surface area contributed by atoms with Crippen LogP contribution in [0.15, 0.2) is 121 Å². The number of hydrogen-bond acceptors (Lipinski definition) is 4. The summed E-state index contributed by atoms with van der Waals surface area (Å²) in [6.45, 7) is 0. The Balaban J connectivity index is 1.24. The van der Waals surface area contributed by atoms with Crippen LogP contribution in [0.2, 0.25) is 0 Å². The lowest BCUT2D eigenvalue weighted by Gasteiger charge is -2.33. The molecule has 0 amide bonds. The third-order valence-corrected chi connectivity index (χ3v) is 12.7. The maximum Gasteiger partial charge on any atom is 0.261 e. The molecule has 0 radical (unpaired) electrons. The predicted molar refractivity (Wildman–Crippen MR) is 150 cm³/mol. The van der Waals surface area contributed by atoms with E-state index in [1.54, 1.807) is 0 Å². The number of benzene rings is 4. The molecule has 0 aromatic heterocycles. The Kier molecular flexibility index (Phi) is 6.78. The van der Waals surface area contributed by atoms with Gasteiger partial charge in [0.1, 0.15) is 0 Å². The molecule has 0 heterocycles. The molecule has 0 N–H and O–H groups in total. The van der Waals surface area contributed by atoms with Gasteiger partial charge in [-0.3, -0.25) is 9.13 Å². The summed E-state index contributed by atoms with van der Waals surface area (Å²) in [6, 6.07) is 38.1. The SMILES string of the molecule is O=P(OC1CC2CC1CC2OP(=O)(c1ccccc1)c1ccccc1)(c1ccccc1)c1ccccc1. The molecular weight excluding hydrogens is 498 g/mol.